The van der Waals surface area contributed by atoms with E-state index in [1.807, 2.05) is 30.3 Å². The lowest BCUT2D eigenvalue weighted by Gasteiger charge is -2.27. The van der Waals surface area contributed by atoms with Crippen molar-refractivity contribution in [3.8, 4) is 11.5 Å². The molecule has 6 nitrogen and oxygen atoms in total. The predicted octanol–water partition coefficient (Wildman–Crippen LogP) is 3.85. The van der Waals surface area contributed by atoms with Gasteiger partial charge in [0, 0.05) is 20.0 Å². The van der Waals surface area contributed by atoms with Gasteiger partial charge in [0.15, 0.2) is 17.5 Å². The molecule has 1 unspecified atom stereocenters. The zero-order valence-corrected chi connectivity index (χ0v) is 19.4. The minimum absolute atomic E-state index is 0. The Hall–Kier alpha value is -2.07. The summed E-state index contributed by atoms with van der Waals surface area (Å²) in [5.41, 5.74) is 1.09. The zero-order chi connectivity index (χ0) is 19.2. The van der Waals surface area contributed by atoms with Crippen LogP contribution in [0.2, 0.25) is 0 Å². The first-order chi connectivity index (χ1) is 13.8. The number of halogens is 1. The first-order valence-electron chi connectivity index (χ1n) is 9.49. The molecule has 29 heavy (non-hydrogen) atoms. The molecule has 154 valence electrons. The van der Waals surface area contributed by atoms with Crippen LogP contribution in [0.1, 0.15) is 11.4 Å². The van der Waals surface area contributed by atoms with Crippen LogP contribution in [-0.4, -0.2) is 43.8 Å². The minimum atomic E-state index is -0.0452. The molecule has 0 spiro atoms. The molecule has 0 bridgehead atoms. The standard InChI is InChI=1S/C21H24N4O2S.HI/c1-22-21(24-13-15-14-26-17-8-3-4-9-18(17)27-15)23-12-6-11-20-25-16-7-2-5-10-19(16)28-20;/h2-5,7-10,15H,6,11-14H2,1H3,(H2,22,23,24);1H. The lowest BCUT2D eigenvalue weighted by atomic mass is 10.2. The maximum absolute atomic E-state index is 5.96. The van der Waals surface area contributed by atoms with Gasteiger partial charge in [-0.15, -0.1) is 35.3 Å². The van der Waals surface area contributed by atoms with Crippen LogP contribution in [0.5, 0.6) is 11.5 Å². The summed E-state index contributed by atoms with van der Waals surface area (Å²) in [6, 6.07) is 16.0. The minimum Gasteiger partial charge on any atom is -0.486 e. The topological polar surface area (TPSA) is 67.8 Å². The highest BCUT2D eigenvalue weighted by molar-refractivity contribution is 14.0. The number of aromatic nitrogens is 1. The van der Waals surface area contributed by atoms with Crippen molar-refractivity contribution in [3.05, 3.63) is 53.5 Å². The van der Waals surface area contributed by atoms with E-state index in [1.54, 1.807) is 18.4 Å². The molecule has 0 saturated carbocycles. The Balaban J connectivity index is 0.00000240. The van der Waals surface area contributed by atoms with Crippen molar-refractivity contribution in [3.63, 3.8) is 0 Å². The van der Waals surface area contributed by atoms with Crippen molar-refractivity contribution < 1.29 is 9.47 Å². The van der Waals surface area contributed by atoms with Gasteiger partial charge in [0.25, 0.3) is 0 Å². The van der Waals surface area contributed by atoms with Crippen LogP contribution in [0.3, 0.4) is 0 Å². The van der Waals surface area contributed by atoms with E-state index in [4.69, 9.17) is 9.47 Å². The Morgan fingerprint density at radius 2 is 1.93 bits per heavy atom. The van der Waals surface area contributed by atoms with Crippen molar-refractivity contribution in [2.45, 2.75) is 18.9 Å². The molecule has 0 saturated heterocycles. The average Bonchev–Trinajstić information content (AvgIpc) is 3.16. The lowest BCUT2D eigenvalue weighted by molar-refractivity contribution is 0.0936. The molecule has 4 rings (SSSR count). The summed E-state index contributed by atoms with van der Waals surface area (Å²) in [5, 5.41) is 7.84. The SMILES string of the molecule is CN=C(NCCCc1nc2ccccc2s1)NCC1COc2ccccc2O1.I. The fourth-order valence-corrected chi connectivity index (χ4v) is 4.08. The molecule has 3 aromatic rings. The van der Waals surface area contributed by atoms with E-state index >= 15 is 0 Å². The van der Waals surface area contributed by atoms with E-state index < -0.39 is 0 Å². The quantitative estimate of drug-likeness (QED) is 0.222. The number of thiazole rings is 1. The molecule has 1 aliphatic rings. The van der Waals surface area contributed by atoms with Gasteiger partial charge in [-0.2, -0.15) is 0 Å². The summed E-state index contributed by atoms with van der Waals surface area (Å²) < 4.78 is 13.0. The Bertz CT molecular complexity index is 930. The molecule has 0 fully saturated rings. The van der Waals surface area contributed by atoms with E-state index in [0.29, 0.717) is 13.2 Å². The van der Waals surface area contributed by atoms with Crippen molar-refractivity contribution in [2.24, 2.45) is 4.99 Å². The fraction of sp³-hybridized carbons (Fsp3) is 0.333. The van der Waals surface area contributed by atoms with Gasteiger partial charge in [-0.05, 0) is 30.7 Å². The maximum atomic E-state index is 5.96. The average molecular weight is 524 g/mol. The molecule has 0 amide bonds. The molecule has 1 aliphatic heterocycles. The summed E-state index contributed by atoms with van der Waals surface area (Å²) in [4.78, 5) is 8.96. The number of benzene rings is 2. The number of ether oxygens (including phenoxy) is 2. The van der Waals surface area contributed by atoms with Gasteiger partial charge in [0.2, 0.25) is 0 Å². The number of hydrogen-bond acceptors (Lipinski definition) is 5. The van der Waals surface area contributed by atoms with Gasteiger partial charge in [-0.25, -0.2) is 4.98 Å². The second kappa shape index (κ2) is 10.6. The number of aliphatic imine (C=N–C) groups is 1. The van der Waals surface area contributed by atoms with Crippen LogP contribution in [0.4, 0.5) is 0 Å². The first kappa shape index (κ1) is 21.6. The Morgan fingerprint density at radius 1 is 1.14 bits per heavy atom. The summed E-state index contributed by atoms with van der Waals surface area (Å²) in [6.07, 6.45) is 1.91. The third-order valence-electron chi connectivity index (χ3n) is 4.49. The molecule has 2 N–H and O–H groups in total. The molecule has 0 radical (unpaired) electrons. The van der Waals surface area contributed by atoms with Crippen LogP contribution in [0, 0.1) is 0 Å². The smallest absolute Gasteiger partial charge is 0.191 e. The largest absolute Gasteiger partial charge is 0.486 e. The van der Waals surface area contributed by atoms with Gasteiger partial charge in [-0.3, -0.25) is 4.99 Å². The summed E-state index contributed by atoms with van der Waals surface area (Å²) in [7, 11) is 1.77. The second-order valence-corrected chi connectivity index (χ2v) is 7.67. The molecule has 2 heterocycles. The fourth-order valence-electron chi connectivity index (χ4n) is 3.07. The highest BCUT2D eigenvalue weighted by Crippen LogP contribution is 2.30. The maximum Gasteiger partial charge on any atom is 0.191 e. The first-order valence-corrected chi connectivity index (χ1v) is 10.3. The summed E-state index contributed by atoms with van der Waals surface area (Å²) in [6.45, 7) is 1.99. The van der Waals surface area contributed by atoms with Crippen molar-refractivity contribution in [1.82, 2.24) is 15.6 Å². The summed E-state index contributed by atoms with van der Waals surface area (Å²) in [5.74, 6) is 2.36. The lowest BCUT2D eigenvalue weighted by Crippen LogP contribution is -2.45. The molecular formula is C21H25IN4O2S. The molecular weight excluding hydrogens is 499 g/mol. The predicted molar refractivity (Wildman–Crippen MR) is 129 cm³/mol. The highest BCUT2D eigenvalue weighted by Gasteiger charge is 2.20. The van der Waals surface area contributed by atoms with Crippen LogP contribution in [0.15, 0.2) is 53.5 Å². The monoisotopic (exact) mass is 524 g/mol. The van der Waals surface area contributed by atoms with E-state index in [-0.39, 0.29) is 30.1 Å². The molecule has 8 heteroatoms. The Morgan fingerprint density at radius 3 is 2.76 bits per heavy atom. The number of hydrogen-bond donors (Lipinski definition) is 2. The van der Waals surface area contributed by atoms with Gasteiger partial charge >= 0.3 is 0 Å². The van der Waals surface area contributed by atoms with Gasteiger partial charge in [0.1, 0.15) is 12.7 Å². The van der Waals surface area contributed by atoms with Crippen LogP contribution < -0.4 is 20.1 Å². The number of aryl methyl sites for hydroxylation is 1. The molecule has 0 aliphatic carbocycles. The number of guanidine groups is 1. The van der Waals surface area contributed by atoms with Crippen molar-refractivity contribution >= 4 is 51.5 Å². The number of rotatable bonds is 6. The second-order valence-electron chi connectivity index (χ2n) is 6.56. The highest BCUT2D eigenvalue weighted by atomic mass is 127. The summed E-state index contributed by atoms with van der Waals surface area (Å²) >= 11 is 1.77. The van der Waals surface area contributed by atoms with Crippen LogP contribution in [-0.2, 0) is 6.42 Å². The third-order valence-corrected chi connectivity index (χ3v) is 5.58. The number of nitrogens with one attached hydrogen (secondary N) is 2. The van der Waals surface area contributed by atoms with Gasteiger partial charge < -0.3 is 20.1 Å². The van der Waals surface area contributed by atoms with E-state index in [2.05, 4.69) is 38.8 Å². The van der Waals surface area contributed by atoms with Gasteiger partial charge in [0.05, 0.1) is 21.8 Å². The van der Waals surface area contributed by atoms with Gasteiger partial charge in [-0.1, -0.05) is 24.3 Å². The number of fused-ring (bicyclic) bond motifs is 2. The van der Waals surface area contributed by atoms with E-state index in [0.717, 1.165) is 42.4 Å². The molecule has 2 aromatic carbocycles. The normalized spacial score (nSPS) is 15.6. The molecule has 1 atom stereocenters. The number of nitrogens with zero attached hydrogens (tertiary/aromatic N) is 2. The number of para-hydroxylation sites is 3. The molecule has 1 aromatic heterocycles. The van der Waals surface area contributed by atoms with E-state index in [1.165, 1.54) is 9.71 Å². The zero-order valence-electron chi connectivity index (χ0n) is 16.3. The van der Waals surface area contributed by atoms with E-state index in [9.17, 15) is 0 Å². The Labute approximate surface area is 191 Å². The third kappa shape index (κ3) is 5.72. The van der Waals surface area contributed by atoms with Crippen LogP contribution in [0.25, 0.3) is 10.2 Å². The van der Waals surface area contributed by atoms with Crippen LogP contribution >= 0.6 is 35.3 Å². The van der Waals surface area contributed by atoms with Crippen molar-refractivity contribution in [2.75, 3.05) is 26.7 Å². The Kier molecular flexibility index (Phi) is 7.93. The van der Waals surface area contributed by atoms with Crippen molar-refractivity contribution in [1.29, 1.82) is 0 Å².